The minimum absolute atomic E-state index is 0.0729. The maximum Gasteiger partial charge on any atom is 0.407 e. The molecule has 3 amide bonds. The third-order valence-electron chi connectivity index (χ3n) is 3.11. The van der Waals surface area contributed by atoms with Crippen molar-refractivity contribution in [1.29, 1.82) is 0 Å². The first-order valence-electron chi connectivity index (χ1n) is 6.27. The van der Waals surface area contributed by atoms with Gasteiger partial charge in [-0.2, -0.15) is 0 Å². The third kappa shape index (κ3) is 4.11. The normalized spacial score (nSPS) is 22.4. The highest BCUT2D eigenvalue weighted by molar-refractivity contribution is 5.88. The number of rotatable bonds is 5. The highest BCUT2D eigenvalue weighted by Crippen LogP contribution is 2.30. The Labute approximate surface area is 112 Å². The monoisotopic (exact) mass is 271 g/mol. The highest BCUT2D eigenvalue weighted by atomic mass is 16.5. The van der Waals surface area contributed by atoms with Crippen LogP contribution in [0.5, 0.6) is 0 Å². The van der Waals surface area contributed by atoms with Crippen LogP contribution in [0.3, 0.4) is 0 Å². The van der Waals surface area contributed by atoms with Crippen LogP contribution in [-0.4, -0.2) is 44.1 Å². The van der Waals surface area contributed by atoms with Crippen LogP contribution in [0.2, 0.25) is 0 Å². The lowest BCUT2D eigenvalue weighted by molar-refractivity contribution is -0.124. The first-order valence-corrected chi connectivity index (χ1v) is 6.27. The van der Waals surface area contributed by atoms with Gasteiger partial charge >= 0.3 is 6.09 Å². The largest absolute Gasteiger partial charge is 0.453 e. The lowest BCUT2D eigenvalue weighted by Gasteiger charge is -2.20. The lowest BCUT2D eigenvalue weighted by Crippen LogP contribution is -2.50. The molecular formula is C12H21N3O4. The fourth-order valence-corrected chi connectivity index (χ4v) is 1.82. The molecular weight excluding hydrogens is 250 g/mol. The zero-order valence-electron chi connectivity index (χ0n) is 11.6. The summed E-state index contributed by atoms with van der Waals surface area (Å²) in [6, 6.07) is -0.813. The van der Waals surface area contributed by atoms with E-state index < -0.39 is 12.1 Å². The minimum atomic E-state index is -0.668. The van der Waals surface area contributed by atoms with Crippen LogP contribution in [0, 0.1) is 11.8 Å². The molecule has 1 aliphatic rings. The van der Waals surface area contributed by atoms with E-state index in [0.717, 1.165) is 0 Å². The Bertz CT molecular complexity index is 370. The molecule has 7 heteroatoms. The molecule has 0 aromatic carbocycles. The number of hydrogen-bond acceptors (Lipinski definition) is 4. The first-order chi connectivity index (χ1) is 8.90. The fraction of sp³-hybridized carbons (Fsp3) is 0.750. The van der Waals surface area contributed by atoms with Gasteiger partial charge < -0.3 is 20.7 Å². The van der Waals surface area contributed by atoms with E-state index in [1.54, 1.807) is 7.05 Å². The van der Waals surface area contributed by atoms with E-state index in [1.165, 1.54) is 7.11 Å². The van der Waals surface area contributed by atoms with Gasteiger partial charge in [0, 0.05) is 13.1 Å². The van der Waals surface area contributed by atoms with Crippen molar-refractivity contribution in [1.82, 2.24) is 16.0 Å². The summed E-state index contributed by atoms with van der Waals surface area (Å²) in [5.74, 6) is -0.611. The summed E-state index contributed by atoms with van der Waals surface area (Å²) in [6.07, 6.45) is -0.0124. The zero-order chi connectivity index (χ0) is 14.6. The van der Waals surface area contributed by atoms with Crippen molar-refractivity contribution in [3.8, 4) is 0 Å². The van der Waals surface area contributed by atoms with Gasteiger partial charge in [0.1, 0.15) is 6.04 Å². The number of alkyl carbamates (subject to hydrolysis) is 1. The molecule has 0 unspecified atom stereocenters. The number of ether oxygens (including phenoxy) is 1. The summed E-state index contributed by atoms with van der Waals surface area (Å²) in [7, 11) is 2.81. The van der Waals surface area contributed by atoms with Gasteiger partial charge in [-0.05, 0) is 12.3 Å². The third-order valence-corrected chi connectivity index (χ3v) is 3.11. The molecule has 0 spiro atoms. The quantitative estimate of drug-likeness (QED) is 0.635. The maximum absolute atomic E-state index is 12.0. The second-order valence-corrected chi connectivity index (χ2v) is 4.93. The van der Waals surface area contributed by atoms with Crippen molar-refractivity contribution >= 4 is 17.9 Å². The van der Waals surface area contributed by atoms with Crippen molar-refractivity contribution < 1.29 is 19.1 Å². The first kappa shape index (κ1) is 15.3. The summed E-state index contributed by atoms with van der Waals surface area (Å²) >= 11 is 0. The summed E-state index contributed by atoms with van der Waals surface area (Å²) in [5.41, 5.74) is 0. The summed E-state index contributed by atoms with van der Waals surface area (Å²) in [5, 5.41) is 7.79. The average molecular weight is 271 g/mol. The van der Waals surface area contributed by atoms with E-state index in [1.807, 2.05) is 13.8 Å². The van der Waals surface area contributed by atoms with Crippen molar-refractivity contribution in [2.24, 2.45) is 11.8 Å². The van der Waals surface area contributed by atoms with Gasteiger partial charge in [-0.15, -0.1) is 0 Å². The van der Waals surface area contributed by atoms with Gasteiger partial charge in [0.15, 0.2) is 0 Å². The molecule has 0 saturated heterocycles. The van der Waals surface area contributed by atoms with Crippen LogP contribution >= 0.6 is 0 Å². The van der Waals surface area contributed by atoms with E-state index in [0.29, 0.717) is 6.42 Å². The minimum Gasteiger partial charge on any atom is -0.453 e. The average Bonchev–Trinajstić information content (AvgIpc) is 3.13. The smallest absolute Gasteiger partial charge is 0.407 e. The van der Waals surface area contributed by atoms with Gasteiger partial charge in [-0.25, -0.2) is 4.79 Å². The maximum atomic E-state index is 12.0. The Morgan fingerprint density at radius 1 is 1.26 bits per heavy atom. The molecule has 1 fully saturated rings. The topological polar surface area (TPSA) is 96.5 Å². The number of amides is 3. The second-order valence-electron chi connectivity index (χ2n) is 4.93. The number of carbonyl (C=O) groups is 3. The molecule has 0 heterocycles. The Morgan fingerprint density at radius 3 is 2.37 bits per heavy atom. The molecule has 7 nitrogen and oxygen atoms in total. The predicted molar refractivity (Wildman–Crippen MR) is 68.3 cm³/mol. The van der Waals surface area contributed by atoms with Gasteiger partial charge in [-0.1, -0.05) is 13.8 Å². The Hall–Kier alpha value is -1.79. The van der Waals surface area contributed by atoms with Crippen LogP contribution in [0.1, 0.15) is 20.3 Å². The van der Waals surface area contributed by atoms with Crippen molar-refractivity contribution in [3.05, 3.63) is 0 Å². The Balaban J connectivity index is 2.50. The van der Waals surface area contributed by atoms with E-state index in [2.05, 4.69) is 20.7 Å². The molecule has 19 heavy (non-hydrogen) atoms. The van der Waals surface area contributed by atoms with Crippen molar-refractivity contribution in [3.63, 3.8) is 0 Å². The number of nitrogens with one attached hydrogen (secondary N) is 3. The molecule has 1 rings (SSSR count). The molecule has 0 bridgehead atoms. The molecule has 1 aliphatic carbocycles. The van der Waals surface area contributed by atoms with Crippen molar-refractivity contribution in [2.75, 3.05) is 14.2 Å². The van der Waals surface area contributed by atoms with Crippen LogP contribution < -0.4 is 16.0 Å². The van der Waals surface area contributed by atoms with Gasteiger partial charge in [0.25, 0.3) is 0 Å². The SMILES string of the molecule is CNC(=O)[C@H]1C[C@@H]1NC(=O)[C@@H](NC(=O)OC)C(C)C. The van der Waals surface area contributed by atoms with E-state index >= 15 is 0 Å². The van der Waals surface area contributed by atoms with Crippen LogP contribution in [-0.2, 0) is 14.3 Å². The van der Waals surface area contributed by atoms with Crippen LogP contribution in [0.15, 0.2) is 0 Å². The molecule has 0 aromatic rings. The van der Waals surface area contributed by atoms with Gasteiger partial charge in [0.2, 0.25) is 11.8 Å². The zero-order valence-corrected chi connectivity index (χ0v) is 11.6. The molecule has 0 radical (unpaired) electrons. The van der Waals surface area contributed by atoms with Crippen molar-refractivity contribution in [2.45, 2.75) is 32.4 Å². The van der Waals surface area contributed by atoms with Gasteiger partial charge in [-0.3, -0.25) is 9.59 Å². The Morgan fingerprint density at radius 2 is 1.89 bits per heavy atom. The second kappa shape index (κ2) is 6.40. The molecule has 108 valence electrons. The molecule has 3 N–H and O–H groups in total. The highest BCUT2D eigenvalue weighted by Gasteiger charge is 2.44. The predicted octanol–water partition coefficient (Wildman–Crippen LogP) is -0.382. The number of hydrogen-bond donors (Lipinski definition) is 3. The fourth-order valence-electron chi connectivity index (χ4n) is 1.82. The molecule has 1 saturated carbocycles. The molecule has 0 aromatic heterocycles. The Kier molecular flexibility index (Phi) is 5.14. The molecule has 3 atom stereocenters. The van der Waals surface area contributed by atoms with E-state index in [4.69, 9.17) is 0 Å². The summed E-state index contributed by atoms with van der Waals surface area (Å²) in [4.78, 5) is 34.5. The lowest BCUT2D eigenvalue weighted by atomic mass is 10.0. The van der Waals surface area contributed by atoms with Crippen LogP contribution in [0.4, 0.5) is 4.79 Å². The van der Waals surface area contributed by atoms with Crippen LogP contribution in [0.25, 0.3) is 0 Å². The number of methoxy groups -OCH3 is 1. The van der Waals surface area contributed by atoms with E-state index in [9.17, 15) is 14.4 Å². The number of carbonyl (C=O) groups excluding carboxylic acids is 3. The summed E-state index contributed by atoms with van der Waals surface area (Å²) in [6.45, 7) is 3.65. The standard InChI is InChI=1S/C12H21N3O4/c1-6(2)9(15-12(18)19-4)11(17)14-8-5-7(8)10(16)13-3/h6-9H,5H2,1-4H3,(H,13,16)(H,14,17)(H,15,18)/t7-,8-,9-/m0/s1. The van der Waals surface area contributed by atoms with Gasteiger partial charge in [0.05, 0.1) is 13.0 Å². The summed E-state index contributed by atoms with van der Waals surface area (Å²) < 4.78 is 4.48. The molecule has 0 aliphatic heterocycles. The van der Waals surface area contributed by atoms with E-state index in [-0.39, 0.29) is 29.7 Å².